The second-order valence-corrected chi connectivity index (χ2v) is 36.2. The largest absolute Gasteiger partial charge is 0.310 e. The number of thiophene rings is 1. The first kappa shape index (κ1) is 70.8. The average Bonchev–Trinajstić information content (AvgIpc) is 1.05. The molecule has 0 radical (unpaired) electrons. The molecular formula is C110H89BN4S. The van der Waals surface area contributed by atoms with Crippen molar-refractivity contribution in [3.63, 3.8) is 0 Å². The number of hydrogen-bond acceptors (Lipinski definition) is 5. The third-order valence-corrected chi connectivity index (χ3v) is 26.7. The Morgan fingerprint density at radius 1 is 0.250 bits per heavy atom. The molecule has 5 heterocycles. The quantitative estimate of drug-likeness (QED) is 0.127. The maximum atomic E-state index is 2.82. The lowest BCUT2D eigenvalue weighted by Gasteiger charge is -2.48. The summed E-state index contributed by atoms with van der Waals surface area (Å²) < 4.78 is 2.46. The first-order chi connectivity index (χ1) is 56.4. The van der Waals surface area contributed by atoms with Gasteiger partial charge in [0.1, 0.15) is 0 Å². The summed E-state index contributed by atoms with van der Waals surface area (Å²) >= 11 is 1.93. The van der Waals surface area contributed by atoms with E-state index < -0.39 is 6.71 Å². The van der Waals surface area contributed by atoms with Gasteiger partial charge >= 0.3 is 0 Å². The molecule has 0 saturated carbocycles. The molecule has 4 aliphatic heterocycles. The van der Waals surface area contributed by atoms with Crippen molar-refractivity contribution in [1.82, 2.24) is 0 Å². The third kappa shape index (κ3) is 11.1. The van der Waals surface area contributed by atoms with Gasteiger partial charge in [-0.3, -0.25) is 0 Å². The first-order valence-electron chi connectivity index (χ1n) is 41.0. The van der Waals surface area contributed by atoms with Gasteiger partial charge in [-0.2, -0.15) is 0 Å². The van der Waals surface area contributed by atoms with Crippen molar-refractivity contribution >= 4 is 123 Å². The van der Waals surface area contributed by atoms with Gasteiger partial charge in [-0.05, 0) is 179 Å². The van der Waals surface area contributed by atoms with Crippen LogP contribution in [0.3, 0.4) is 0 Å². The molecule has 116 heavy (non-hydrogen) atoms. The maximum absolute atomic E-state index is 2.82. The highest BCUT2D eigenvalue weighted by Crippen LogP contribution is 2.62. The fourth-order valence-electron chi connectivity index (χ4n) is 19.7. The minimum Gasteiger partial charge on any atom is -0.310 e. The van der Waals surface area contributed by atoms with E-state index in [0.717, 1.165) is 107 Å². The normalized spacial score (nSPS) is 14.2. The van der Waals surface area contributed by atoms with Gasteiger partial charge in [0.15, 0.2) is 0 Å². The highest BCUT2D eigenvalue weighted by atomic mass is 32.1. The van der Waals surface area contributed by atoms with E-state index in [-0.39, 0.29) is 21.7 Å². The van der Waals surface area contributed by atoms with Crippen LogP contribution in [0.5, 0.6) is 0 Å². The van der Waals surface area contributed by atoms with Gasteiger partial charge in [0, 0.05) is 76.7 Å². The molecule has 0 atom stereocenters. The zero-order valence-electron chi connectivity index (χ0n) is 67.3. The number of para-hydroxylation sites is 4. The Morgan fingerprint density at radius 2 is 0.552 bits per heavy atom. The highest BCUT2D eigenvalue weighted by Gasteiger charge is 2.50. The summed E-state index contributed by atoms with van der Waals surface area (Å²) in [4.78, 5) is 10.9. The Hall–Kier alpha value is -13.0. The predicted molar refractivity (Wildman–Crippen MR) is 497 cm³/mol. The molecule has 1 aromatic heterocycles. The van der Waals surface area contributed by atoms with Crippen molar-refractivity contribution in [1.29, 1.82) is 0 Å². The standard InChI is InChI=1S/C110H89BN4S/c1-107(2,3)76-61-81(72-43-21-13-22-44-72)103(82(62-76)73-45-23-14-24-46-73)114-98-65-79(70-39-17-11-18-40-70)96(112-92-56-34-30-52-86(92)109(7,8)87-53-31-35-57-93(87)112)68-90(98)111-91-69-97(113-94-58-36-32-54-88(94)110(9,10)89-55-33-37-59-95(89)113)80(71-41-19-12-20-42-71)66-99(91)115(105-102(111)100(114)67-85-78-51-29-38-60-101(78)116-106(85)105)104-83(74-47-25-15-26-48-74)63-77(108(4,5)6)64-84(104)75-49-27-16-28-50-75/h11-69H,1-10H3. The summed E-state index contributed by atoms with van der Waals surface area (Å²) in [7, 11) is 0. The minimum absolute atomic E-state index is 0.240. The van der Waals surface area contributed by atoms with E-state index in [1.165, 1.54) is 98.4 Å². The Morgan fingerprint density at radius 3 is 0.905 bits per heavy atom. The molecule has 0 amide bonds. The summed E-state index contributed by atoms with van der Waals surface area (Å²) in [6, 6.07) is 137. The van der Waals surface area contributed by atoms with Crippen LogP contribution in [0.1, 0.15) is 103 Å². The molecule has 0 N–H and O–H groups in total. The van der Waals surface area contributed by atoms with Crippen LogP contribution in [0.2, 0.25) is 0 Å². The molecule has 0 aliphatic carbocycles. The van der Waals surface area contributed by atoms with Gasteiger partial charge in [0.25, 0.3) is 6.71 Å². The number of rotatable bonds is 10. The molecular weight excluding hydrogens is 1420 g/mol. The summed E-state index contributed by atoms with van der Waals surface area (Å²) in [5, 5.41) is 2.43. The van der Waals surface area contributed by atoms with Crippen molar-refractivity contribution in [3.8, 4) is 66.8 Å². The lowest BCUT2D eigenvalue weighted by atomic mass is 9.33. The third-order valence-electron chi connectivity index (χ3n) is 25.5. The molecule has 6 heteroatoms. The lowest BCUT2D eigenvalue weighted by molar-refractivity contribution is 0.590. The molecule has 4 aliphatic rings. The van der Waals surface area contributed by atoms with E-state index in [0.29, 0.717) is 0 Å². The second kappa shape index (κ2) is 26.8. The van der Waals surface area contributed by atoms with Crippen LogP contribution in [0.4, 0.5) is 68.2 Å². The van der Waals surface area contributed by atoms with E-state index in [1.54, 1.807) is 0 Å². The van der Waals surface area contributed by atoms with E-state index in [1.807, 2.05) is 11.3 Å². The molecule has 4 nitrogen and oxygen atoms in total. The smallest absolute Gasteiger partial charge is 0.252 e. The van der Waals surface area contributed by atoms with Crippen LogP contribution in [-0.4, -0.2) is 6.71 Å². The fraction of sp³-hybridized carbons (Fsp3) is 0.127. The van der Waals surface area contributed by atoms with E-state index in [9.17, 15) is 0 Å². The van der Waals surface area contributed by atoms with Gasteiger partial charge in [0.05, 0.1) is 55.9 Å². The highest BCUT2D eigenvalue weighted by molar-refractivity contribution is 7.26. The molecule has 0 unspecified atom stereocenters. The van der Waals surface area contributed by atoms with Crippen molar-refractivity contribution < 1.29 is 0 Å². The molecule has 16 aromatic carbocycles. The molecule has 0 saturated heterocycles. The molecule has 0 fully saturated rings. The number of fused-ring (bicyclic) bond motifs is 12. The number of hydrogen-bond donors (Lipinski definition) is 0. The molecule has 558 valence electrons. The van der Waals surface area contributed by atoms with Crippen molar-refractivity contribution in [2.24, 2.45) is 0 Å². The lowest BCUT2D eigenvalue weighted by Crippen LogP contribution is -2.61. The van der Waals surface area contributed by atoms with Gasteiger partial charge in [-0.15, -0.1) is 11.3 Å². The number of benzene rings is 16. The van der Waals surface area contributed by atoms with E-state index in [2.05, 4.69) is 447 Å². The summed E-state index contributed by atoms with van der Waals surface area (Å²) in [6.45, 7) is 23.4. The van der Waals surface area contributed by atoms with Crippen LogP contribution in [0, 0.1) is 0 Å². The summed E-state index contributed by atoms with van der Waals surface area (Å²) in [6.07, 6.45) is 0. The van der Waals surface area contributed by atoms with Gasteiger partial charge in [-0.25, -0.2) is 0 Å². The predicted octanol–water partition coefficient (Wildman–Crippen LogP) is 29.0. The van der Waals surface area contributed by atoms with Crippen molar-refractivity contribution in [3.05, 3.63) is 391 Å². The topological polar surface area (TPSA) is 13.0 Å². The average molecular weight is 1510 g/mol. The summed E-state index contributed by atoms with van der Waals surface area (Å²) in [5.41, 5.74) is 37.4. The SMILES string of the molecule is CC(C)(C)c1cc(-c2ccccc2)c(N2c3cc(-c4ccccc4)c(N4c5ccccc5C(C)(C)c5ccccc54)cc3B3c4cc(N5c6ccccc6C(C)(C)c6ccccc65)c(-c5ccccc5)cc4N(c4c(-c5ccccc5)cc(C(C)(C)C)cc4-c4ccccc4)c4c3c2cc2c4sc3ccccc32)c(-c2ccccc2)c1. The van der Waals surface area contributed by atoms with E-state index >= 15 is 0 Å². The molecule has 0 bridgehead atoms. The number of anilines is 12. The van der Waals surface area contributed by atoms with Gasteiger partial charge in [-0.1, -0.05) is 342 Å². The zero-order chi connectivity index (χ0) is 78.7. The fourth-order valence-corrected chi connectivity index (χ4v) is 20.9. The zero-order valence-corrected chi connectivity index (χ0v) is 68.2. The number of nitrogens with zero attached hydrogens (tertiary/aromatic N) is 4. The molecule has 0 spiro atoms. The Labute approximate surface area is 686 Å². The summed E-state index contributed by atoms with van der Waals surface area (Å²) in [5.74, 6) is 0. The minimum atomic E-state index is -0.430. The molecule has 21 rings (SSSR count). The molecule has 17 aromatic rings. The van der Waals surface area contributed by atoms with E-state index in [4.69, 9.17) is 0 Å². The Kier molecular flexibility index (Phi) is 16.4. The van der Waals surface area contributed by atoms with Crippen LogP contribution in [0.15, 0.2) is 358 Å². The maximum Gasteiger partial charge on any atom is 0.252 e. The van der Waals surface area contributed by atoms with Gasteiger partial charge in [0.2, 0.25) is 0 Å². The van der Waals surface area contributed by atoms with Crippen molar-refractivity contribution in [2.75, 3.05) is 19.6 Å². The Bertz CT molecular complexity index is 6450. The Balaban J connectivity index is 1.02. The van der Waals surface area contributed by atoms with Crippen LogP contribution in [-0.2, 0) is 21.7 Å². The monoisotopic (exact) mass is 1510 g/mol. The van der Waals surface area contributed by atoms with Crippen LogP contribution >= 0.6 is 11.3 Å². The van der Waals surface area contributed by atoms with Crippen molar-refractivity contribution in [2.45, 2.75) is 90.9 Å². The van der Waals surface area contributed by atoms with Crippen LogP contribution in [0.25, 0.3) is 86.9 Å². The van der Waals surface area contributed by atoms with Gasteiger partial charge < -0.3 is 19.6 Å². The second-order valence-electron chi connectivity index (χ2n) is 35.1. The first-order valence-corrected chi connectivity index (χ1v) is 41.8. The van der Waals surface area contributed by atoms with Crippen LogP contribution < -0.4 is 36.0 Å².